The lowest BCUT2D eigenvalue weighted by Gasteiger charge is -2.18. The van der Waals surface area contributed by atoms with Gasteiger partial charge in [0.25, 0.3) is 5.89 Å². The SMILES string of the molecule is COc1cc(OC)cc(-c2nc(C3CC(=O)N(c4ccc(F)cc4C)C3)no2)c1. The van der Waals surface area contributed by atoms with Gasteiger partial charge in [0.05, 0.1) is 14.2 Å². The van der Waals surface area contributed by atoms with Gasteiger partial charge < -0.3 is 18.9 Å². The van der Waals surface area contributed by atoms with Gasteiger partial charge in [0.2, 0.25) is 5.91 Å². The van der Waals surface area contributed by atoms with Gasteiger partial charge in [-0.1, -0.05) is 5.16 Å². The number of methoxy groups -OCH3 is 2. The normalized spacial score (nSPS) is 16.3. The Kier molecular flexibility index (Phi) is 4.92. The molecule has 1 aliphatic rings. The van der Waals surface area contributed by atoms with Crippen molar-refractivity contribution in [2.45, 2.75) is 19.3 Å². The van der Waals surface area contributed by atoms with Gasteiger partial charge in [-0.25, -0.2) is 4.39 Å². The Hall–Kier alpha value is -3.42. The maximum Gasteiger partial charge on any atom is 0.258 e. The first kappa shape index (κ1) is 18.9. The summed E-state index contributed by atoms with van der Waals surface area (Å²) >= 11 is 0. The highest BCUT2D eigenvalue weighted by Gasteiger charge is 2.35. The van der Waals surface area contributed by atoms with Crippen molar-refractivity contribution in [3.63, 3.8) is 0 Å². The number of amides is 1. The molecule has 1 amide bonds. The molecule has 1 unspecified atom stereocenters. The first-order valence-corrected chi connectivity index (χ1v) is 9.12. The van der Waals surface area contributed by atoms with Crippen LogP contribution in [0, 0.1) is 12.7 Å². The van der Waals surface area contributed by atoms with Gasteiger partial charge >= 0.3 is 0 Å². The molecule has 2 heterocycles. The van der Waals surface area contributed by atoms with E-state index in [1.54, 1.807) is 50.3 Å². The van der Waals surface area contributed by atoms with Crippen molar-refractivity contribution in [3.05, 3.63) is 53.6 Å². The van der Waals surface area contributed by atoms with Gasteiger partial charge in [-0.3, -0.25) is 4.79 Å². The van der Waals surface area contributed by atoms with E-state index in [1.165, 1.54) is 12.1 Å². The minimum Gasteiger partial charge on any atom is -0.497 e. The molecule has 1 aromatic heterocycles. The number of nitrogens with zero attached hydrogens (tertiary/aromatic N) is 3. The number of aromatic nitrogens is 2. The molecule has 0 aliphatic carbocycles. The lowest BCUT2D eigenvalue weighted by atomic mass is 10.1. The van der Waals surface area contributed by atoms with Crippen molar-refractivity contribution in [1.82, 2.24) is 10.1 Å². The van der Waals surface area contributed by atoms with Crippen LogP contribution in [-0.2, 0) is 4.79 Å². The minimum absolute atomic E-state index is 0.0564. The standard InChI is InChI=1S/C21H20FN3O4/c1-12-6-15(22)4-5-18(12)25-11-14(9-19(25)26)20-23-21(29-24-20)13-7-16(27-2)10-17(8-13)28-3/h4-8,10,14H,9,11H2,1-3H3. The number of anilines is 1. The summed E-state index contributed by atoms with van der Waals surface area (Å²) in [6, 6.07) is 9.68. The molecule has 8 heteroatoms. The number of hydrogen-bond acceptors (Lipinski definition) is 6. The smallest absolute Gasteiger partial charge is 0.258 e. The van der Waals surface area contributed by atoms with Gasteiger partial charge in [-0.15, -0.1) is 0 Å². The molecule has 0 spiro atoms. The molecule has 1 fully saturated rings. The minimum atomic E-state index is -0.328. The van der Waals surface area contributed by atoms with Crippen LogP contribution in [-0.4, -0.2) is 36.8 Å². The van der Waals surface area contributed by atoms with E-state index in [4.69, 9.17) is 14.0 Å². The lowest BCUT2D eigenvalue weighted by molar-refractivity contribution is -0.117. The van der Waals surface area contributed by atoms with Crippen molar-refractivity contribution in [3.8, 4) is 23.0 Å². The van der Waals surface area contributed by atoms with E-state index in [-0.39, 0.29) is 24.1 Å². The van der Waals surface area contributed by atoms with Crippen molar-refractivity contribution >= 4 is 11.6 Å². The molecular formula is C21H20FN3O4. The topological polar surface area (TPSA) is 77.7 Å². The number of carbonyl (C=O) groups is 1. The highest BCUT2D eigenvalue weighted by atomic mass is 19.1. The maximum absolute atomic E-state index is 13.4. The van der Waals surface area contributed by atoms with E-state index >= 15 is 0 Å². The van der Waals surface area contributed by atoms with Crippen LogP contribution >= 0.6 is 0 Å². The third-order valence-electron chi connectivity index (χ3n) is 4.98. The van der Waals surface area contributed by atoms with Crippen LogP contribution in [0.15, 0.2) is 40.9 Å². The Morgan fingerprint density at radius 2 is 1.86 bits per heavy atom. The quantitative estimate of drug-likeness (QED) is 0.653. The second-order valence-corrected chi connectivity index (χ2v) is 6.90. The lowest BCUT2D eigenvalue weighted by Crippen LogP contribution is -2.25. The third-order valence-corrected chi connectivity index (χ3v) is 4.98. The largest absolute Gasteiger partial charge is 0.497 e. The highest BCUT2D eigenvalue weighted by Crippen LogP contribution is 2.34. The number of rotatable bonds is 5. The van der Waals surface area contributed by atoms with Gasteiger partial charge in [0.1, 0.15) is 17.3 Å². The summed E-state index contributed by atoms with van der Waals surface area (Å²) in [6.45, 7) is 2.19. The summed E-state index contributed by atoms with van der Waals surface area (Å²) < 4.78 is 29.4. The summed E-state index contributed by atoms with van der Waals surface area (Å²) in [5.74, 6) is 1.39. The van der Waals surface area contributed by atoms with Crippen molar-refractivity contribution in [2.75, 3.05) is 25.7 Å². The molecule has 3 aromatic rings. The maximum atomic E-state index is 13.4. The van der Waals surface area contributed by atoms with E-state index in [0.29, 0.717) is 46.6 Å². The molecule has 29 heavy (non-hydrogen) atoms. The first-order chi connectivity index (χ1) is 14.0. The average molecular weight is 397 g/mol. The number of ether oxygens (including phenoxy) is 2. The summed E-state index contributed by atoms with van der Waals surface area (Å²) in [6.07, 6.45) is 0.261. The van der Waals surface area contributed by atoms with Crippen molar-refractivity contribution in [2.24, 2.45) is 0 Å². The molecular weight excluding hydrogens is 377 g/mol. The van der Waals surface area contributed by atoms with Crippen LogP contribution in [0.25, 0.3) is 11.5 Å². The Morgan fingerprint density at radius 1 is 1.14 bits per heavy atom. The molecule has 7 nitrogen and oxygen atoms in total. The van der Waals surface area contributed by atoms with Gasteiger partial charge in [-0.2, -0.15) is 4.98 Å². The first-order valence-electron chi connectivity index (χ1n) is 9.12. The van der Waals surface area contributed by atoms with Gasteiger partial charge in [0.15, 0.2) is 5.82 Å². The summed E-state index contributed by atoms with van der Waals surface area (Å²) in [5.41, 5.74) is 2.06. The van der Waals surface area contributed by atoms with Crippen molar-refractivity contribution in [1.29, 1.82) is 0 Å². The predicted octanol–water partition coefficient (Wildman–Crippen LogP) is 3.72. The van der Waals surface area contributed by atoms with Gasteiger partial charge in [0, 0.05) is 36.2 Å². The molecule has 0 N–H and O–H groups in total. The molecule has 0 radical (unpaired) electrons. The molecule has 1 saturated heterocycles. The van der Waals surface area contributed by atoms with E-state index in [9.17, 15) is 9.18 Å². The summed E-state index contributed by atoms with van der Waals surface area (Å²) in [5, 5.41) is 4.08. The number of benzene rings is 2. The van der Waals surface area contributed by atoms with Crippen LogP contribution < -0.4 is 14.4 Å². The highest BCUT2D eigenvalue weighted by molar-refractivity contribution is 5.97. The number of aryl methyl sites for hydroxylation is 1. The van der Waals surface area contributed by atoms with E-state index < -0.39 is 0 Å². The van der Waals surface area contributed by atoms with Crippen LogP contribution in [0.2, 0.25) is 0 Å². The van der Waals surface area contributed by atoms with Gasteiger partial charge in [-0.05, 0) is 42.8 Å². The van der Waals surface area contributed by atoms with Crippen LogP contribution in [0.4, 0.5) is 10.1 Å². The Morgan fingerprint density at radius 3 is 2.52 bits per heavy atom. The van der Waals surface area contributed by atoms with Crippen LogP contribution in [0.1, 0.15) is 23.7 Å². The van der Waals surface area contributed by atoms with Crippen molar-refractivity contribution < 1.29 is 23.2 Å². The fourth-order valence-electron chi connectivity index (χ4n) is 3.48. The number of carbonyl (C=O) groups excluding carboxylic acids is 1. The molecule has 4 rings (SSSR count). The van der Waals surface area contributed by atoms with Crippen LogP contribution in [0.5, 0.6) is 11.5 Å². The zero-order valence-corrected chi connectivity index (χ0v) is 16.3. The number of halogens is 1. The average Bonchev–Trinajstić information content (AvgIpc) is 3.35. The Balaban J connectivity index is 1.58. The Labute approximate surface area is 167 Å². The van der Waals surface area contributed by atoms with E-state index in [1.807, 2.05) is 0 Å². The molecule has 1 aliphatic heterocycles. The molecule has 0 bridgehead atoms. The monoisotopic (exact) mass is 397 g/mol. The predicted molar refractivity (Wildman–Crippen MR) is 104 cm³/mol. The third kappa shape index (κ3) is 3.65. The van der Waals surface area contributed by atoms with Crippen LogP contribution in [0.3, 0.4) is 0 Å². The molecule has 2 aromatic carbocycles. The van der Waals surface area contributed by atoms with E-state index in [0.717, 1.165) is 0 Å². The molecule has 1 atom stereocenters. The fraction of sp³-hybridized carbons (Fsp3) is 0.286. The summed E-state index contributed by atoms with van der Waals surface area (Å²) in [4.78, 5) is 18.7. The fourth-order valence-corrected chi connectivity index (χ4v) is 3.48. The zero-order valence-electron chi connectivity index (χ0n) is 16.3. The summed E-state index contributed by atoms with van der Waals surface area (Å²) in [7, 11) is 3.13. The second kappa shape index (κ2) is 7.54. The zero-order chi connectivity index (χ0) is 20.5. The Bertz CT molecular complexity index is 1040. The number of hydrogen-bond donors (Lipinski definition) is 0. The van der Waals surface area contributed by atoms with E-state index in [2.05, 4.69) is 10.1 Å². The second-order valence-electron chi connectivity index (χ2n) is 6.90. The molecule has 150 valence electrons. The molecule has 0 saturated carbocycles.